The summed E-state index contributed by atoms with van der Waals surface area (Å²) in [6.07, 6.45) is 1.90. The standard InChI is InChI=1S/C21H28N4OS.2ClH/c1-17(15-24-11-9-23(10-12-24)13-14-26)16-25-18-5-2-3-6-19(18)27-20-7-4-8-22-21(20)25;;/h2-8,17,26H,9-16H2,1H3;2*1H. The number of quaternary nitrogens is 2. The van der Waals surface area contributed by atoms with Gasteiger partial charge in [0.05, 0.1) is 23.7 Å². The van der Waals surface area contributed by atoms with E-state index in [1.165, 1.54) is 48.2 Å². The van der Waals surface area contributed by atoms with Gasteiger partial charge in [-0.1, -0.05) is 30.8 Å². The van der Waals surface area contributed by atoms with Crippen molar-refractivity contribution in [1.29, 1.82) is 0 Å². The molecule has 0 bridgehead atoms. The first kappa shape index (κ1) is 24.3. The summed E-state index contributed by atoms with van der Waals surface area (Å²) in [5.41, 5.74) is 1.28. The second kappa shape index (κ2) is 11.4. The normalized spacial score (nSPS) is 21.2. The monoisotopic (exact) mass is 456 g/mol. The van der Waals surface area contributed by atoms with Crippen LogP contribution in [0.3, 0.4) is 0 Å². The molecule has 1 unspecified atom stereocenters. The number of anilines is 2. The highest BCUT2D eigenvalue weighted by Gasteiger charge is 2.28. The van der Waals surface area contributed by atoms with Crippen LogP contribution in [0.25, 0.3) is 0 Å². The lowest BCUT2D eigenvalue weighted by Gasteiger charge is -2.35. The van der Waals surface area contributed by atoms with E-state index in [9.17, 15) is 0 Å². The average Bonchev–Trinajstić information content (AvgIpc) is 2.69. The van der Waals surface area contributed by atoms with Gasteiger partial charge in [0, 0.05) is 23.6 Å². The van der Waals surface area contributed by atoms with E-state index >= 15 is 0 Å². The minimum Gasteiger partial charge on any atom is -1.00 e. The number of pyridine rings is 1. The molecule has 1 saturated heterocycles. The predicted molar refractivity (Wildman–Crippen MR) is 109 cm³/mol. The van der Waals surface area contributed by atoms with Gasteiger partial charge in [-0.2, -0.15) is 0 Å². The topological polar surface area (TPSA) is 45.2 Å². The number of hydrogen-bond donors (Lipinski definition) is 3. The van der Waals surface area contributed by atoms with Gasteiger partial charge in [-0.25, -0.2) is 4.98 Å². The minimum atomic E-state index is 0. The zero-order valence-corrected chi connectivity index (χ0v) is 19.1. The maximum Gasteiger partial charge on any atom is 0.147 e. The van der Waals surface area contributed by atoms with Gasteiger partial charge in [-0.05, 0) is 24.3 Å². The van der Waals surface area contributed by atoms with Crippen LogP contribution in [0.15, 0.2) is 52.4 Å². The molecule has 2 aliphatic rings. The van der Waals surface area contributed by atoms with E-state index in [4.69, 9.17) is 10.1 Å². The van der Waals surface area contributed by atoms with Gasteiger partial charge < -0.3 is 44.6 Å². The Labute approximate surface area is 190 Å². The Morgan fingerprint density at radius 2 is 1.72 bits per heavy atom. The zero-order valence-electron chi connectivity index (χ0n) is 16.8. The van der Waals surface area contributed by atoms with E-state index in [-0.39, 0.29) is 24.8 Å². The number of rotatable bonds is 6. The molecule has 4 rings (SSSR count). The molecule has 1 atom stereocenters. The number of halogens is 2. The molecule has 8 heteroatoms. The molecule has 5 nitrogen and oxygen atoms in total. The molecule has 29 heavy (non-hydrogen) atoms. The molecule has 1 fully saturated rings. The quantitative estimate of drug-likeness (QED) is 0.405. The first-order chi connectivity index (χ1) is 13.2. The highest BCUT2D eigenvalue weighted by molar-refractivity contribution is 7.99. The van der Waals surface area contributed by atoms with Crippen molar-refractivity contribution in [3.8, 4) is 0 Å². The molecule has 1 aromatic carbocycles. The third-order valence-corrected chi connectivity index (χ3v) is 6.75. The predicted octanol–water partition coefficient (Wildman–Crippen LogP) is -5.90. The highest BCUT2D eigenvalue weighted by Crippen LogP contribution is 2.46. The summed E-state index contributed by atoms with van der Waals surface area (Å²) in [7, 11) is 0. The molecule has 160 valence electrons. The molecule has 2 aliphatic heterocycles. The van der Waals surface area contributed by atoms with E-state index in [0.29, 0.717) is 12.5 Å². The van der Waals surface area contributed by atoms with Gasteiger partial charge in [-0.3, -0.25) is 0 Å². The molecular weight excluding hydrogens is 427 g/mol. The number of aliphatic hydroxyl groups excluding tert-OH is 1. The van der Waals surface area contributed by atoms with E-state index < -0.39 is 0 Å². The van der Waals surface area contributed by atoms with Crippen LogP contribution in [0.2, 0.25) is 0 Å². The van der Waals surface area contributed by atoms with Crippen LogP contribution in [-0.4, -0.2) is 62.5 Å². The average molecular weight is 457 g/mol. The first-order valence-corrected chi connectivity index (χ1v) is 10.8. The maximum absolute atomic E-state index is 9.13. The van der Waals surface area contributed by atoms with Gasteiger partial charge in [0.2, 0.25) is 0 Å². The van der Waals surface area contributed by atoms with Crippen molar-refractivity contribution in [2.75, 3.05) is 57.3 Å². The van der Waals surface area contributed by atoms with Crippen molar-refractivity contribution in [1.82, 2.24) is 4.98 Å². The lowest BCUT2D eigenvalue weighted by molar-refractivity contribution is -1.01. The van der Waals surface area contributed by atoms with E-state index in [1.54, 1.807) is 9.80 Å². The number of para-hydroxylation sites is 1. The Balaban J connectivity index is 0.00000150. The Bertz CT molecular complexity index is 728. The number of benzene rings is 1. The summed E-state index contributed by atoms with van der Waals surface area (Å²) in [6, 6.07) is 12.9. The van der Waals surface area contributed by atoms with E-state index in [2.05, 4.69) is 42.2 Å². The van der Waals surface area contributed by atoms with Crippen LogP contribution < -0.4 is 39.5 Å². The number of nitrogens with zero attached hydrogens (tertiary/aromatic N) is 2. The number of fused-ring (bicyclic) bond motifs is 2. The molecule has 2 aromatic rings. The lowest BCUT2D eigenvalue weighted by atomic mass is 10.1. The van der Waals surface area contributed by atoms with Crippen molar-refractivity contribution in [3.63, 3.8) is 0 Å². The van der Waals surface area contributed by atoms with Crippen LogP contribution in [0.1, 0.15) is 6.92 Å². The van der Waals surface area contributed by atoms with Crippen molar-refractivity contribution in [3.05, 3.63) is 42.6 Å². The van der Waals surface area contributed by atoms with Gasteiger partial charge in [0.25, 0.3) is 0 Å². The Hall–Kier alpha value is -1.02. The molecule has 0 saturated carbocycles. The summed E-state index contributed by atoms with van der Waals surface area (Å²) >= 11 is 1.82. The van der Waals surface area contributed by atoms with Gasteiger partial charge in [0.15, 0.2) is 0 Å². The number of aromatic nitrogens is 1. The van der Waals surface area contributed by atoms with Gasteiger partial charge in [-0.15, -0.1) is 0 Å². The van der Waals surface area contributed by atoms with E-state index in [0.717, 1.165) is 18.9 Å². The number of hydrogen-bond acceptors (Lipinski definition) is 4. The Morgan fingerprint density at radius 3 is 2.48 bits per heavy atom. The molecule has 3 heterocycles. The maximum atomic E-state index is 9.13. The fourth-order valence-corrected chi connectivity index (χ4v) is 5.35. The summed E-state index contributed by atoms with van der Waals surface area (Å²) in [6.45, 7) is 10.5. The number of aliphatic hydroxyl groups is 1. The third-order valence-electron chi connectivity index (χ3n) is 5.64. The van der Waals surface area contributed by atoms with Gasteiger partial charge in [0.1, 0.15) is 38.5 Å². The van der Waals surface area contributed by atoms with Crippen LogP contribution in [0.5, 0.6) is 0 Å². The van der Waals surface area contributed by atoms with Crippen LogP contribution in [0.4, 0.5) is 11.5 Å². The zero-order chi connectivity index (χ0) is 18.6. The number of nitrogens with one attached hydrogen (secondary N) is 2. The second-order valence-electron chi connectivity index (χ2n) is 7.79. The lowest BCUT2D eigenvalue weighted by Crippen LogP contribution is -3.28. The largest absolute Gasteiger partial charge is 1.00 e. The first-order valence-electron chi connectivity index (χ1n) is 10.0. The summed E-state index contributed by atoms with van der Waals surface area (Å²) < 4.78 is 0. The molecule has 3 N–H and O–H groups in total. The molecule has 1 aromatic heterocycles. The Kier molecular flexibility index (Phi) is 9.53. The fraction of sp³-hybridized carbons (Fsp3) is 0.476. The summed E-state index contributed by atoms with van der Waals surface area (Å²) in [4.78, 5) is 12.9. The molecule has 0 spiro atoms. The van der Waals surface area contributed by atoms with Crippen LogP contribution in [0, 0.1) is 5.92 Å². The molecule has 0 amide bonds. The van der Waals surface area contributed by atoms with Crippen LogP contribution >= 0.6 is 11.8 Å². The SMILES string of the molecule is CC(CN1c2ccccc2Sc2cccnc21)C[NH+]1CC[NH+](CCO)CC1.[Cl-].[Cl-]. The van der Waals surface area contributed by atoms with Gasteiger partial charge >= 0.3 is 0 Å². The smallest absolute Gasteiger partial charge is 0.147 e. The number of piperazine rings is 1. The van der Waals surface area contributed by atoms with Crippen molar-refractivity contribution >= 4 is 23.3 Å². The third kappa shape index (κ3) is 5.78. The van der Waals surface area contributed by atoms with Crippen molar-refractivity contribution in [2.24, 2.45) is 5.92 Å². The van der Waals surface area contributed by atoms with Crippen molar-refractivity contribution in [2.45, 2.75) is 16.7 Å². The molecular formula is C21H30Cl2N4OS. The minimum absolute atomic E-state index is 0. The summed E-state index contributed by atoms with van der Waals surface area (Å²) in [5, 5.41) is 9.13. The van der Waals surface area contributed by atoms with Crippen LogP contribution in [-0.2, 0) is 0 Å². The molecule has 0 radical (unpaired) electrons. The van der Waals surface area contributed by atoms with Crippen molar-refractivity contribution < 1.29 is 39.7 Å². The summed E-state index contributed by atoms with van der Waals surface area (Å²) in [5.74, 6) is 1.69. The molecule has 0 aliphatic carbocycles. The Morgan fingerprint density at radius 1 is 1.03 bits per heavy atom. The van der Waals surface area contributed by atoms with E-state index in [1.807, 2.05) is 24.0 Å². The second-order valence-corrected chi connectivity index (χ2v) is 8.87. The fourth-order valence-electron chi connectivity index (χ4n) is 4.29. The highest BCUT2D eigenvalue weighted by atomic mass is 35.5.